The van der Waals surface area contributed by atoms with E-state index in [0.29, 0.717) is 0 Å². The van der Waals surface area contributed by atoms with Gasteiger partial charge in [0.15, 0.2) is 0 Å². The van der Waals surface area contributed by atoms with Crippen LogP contribution in [0.3, 0.4) is 0 Å². The fourth-order valence-electron chi connectivity index (χ4n) is 6.86. The van der Waals surface area contributed by atoms with E-state index in [1.54, 1.807) is 0 Å². The molecule has 172 valence electrons. The van der Waals surface area contributed by atoms with Crippen LogP contribution in [0, 0.1) is 13.8 Å². The van der Waals surface area contributed by atoms with Crippen molar-refractivity contribution in [1.82, 2.24) is 0 Å². The van der Waals surface area contributed by atoms with E-state index < -0.39 is 0 Å². The highest BCUT2D eigenvalue weighted by Crippen LogP contribution is 2.47. The Hall–Kier alpha value is -4.37. The molecule has 0 amide bonds. The topological polar surface area (TPSA) is 21.7 Å². The molecule has 0 aromatic heterocycles. The number of fused-ring (bicyclic) bond motifs is 10. The third-order valence-electron chi connectivity index (χ3n) is 8.38. The summed E-state index contributed by atoms with van der Waals surface area (Å²) in [6.45, 7) is 3.99. The number of hydrogen-bond donors (Lipinski definition) is 0. The maximum absolute atomic E-state index is 6.83. The maximum atomic E-state index is 6.83. The van der Waals surface area contributed by atoms with Gasteiger partial charge in [0.1, 0.15) is 11.5 Å². The van der Waals surface area contributed by atoms with E-state index in [1.807, 2.05) is 0 Å². The van der Waals surface area contributed by atoms with Crippen molar-refractivity contribution in [2.45, 2.75) is 13.8 Å². The molecule has 37 heavy (non-hydrogen) atoms. The van der Waals surface area contributed by atoms with Gasteiger partial charge in [-0.2, -0.15) is 0 Å². The Bertz CT molecular complexity index is 1720. The number of para-hydroxylation sites is 2. The van der Waals surface area contributed by atoms with Crippen LogP contribution < -0.4 is 36.1 Å². The zero-order chi connectivity index (χ0) is 24.4. The molecular formula is C32H21B2NO2. The lowest BCUT2D eigenvalue weighted by molar-refractivity contribution is 0.587. The largest absolute Gasteiger partial charge is 0.551 e. The molecule has 0 radical (unpaired) electrons. The fourth-order valence-corrected chi connectivity index (χ4v) is 6.86. The molecule has 0 atom stereocenters. The van der Waals surface area contributed by atoms with E-state index in [9.17, 15) is 0 Å². The van der Waals surface area contributed by atoms with Gasteiger partial charge in [0, 0.05) is 39.1 Å². The summed E-state index contributed by atoms with van der Waals surface area (Å²) in [7, 11) is 0. The highest BCUT2D eigenvalue weighted by Gasteiger charge is 2.51. The molecule has 0 N–H and O–H groups in total. The predicted molar refractivity (Wildman–Crippen MR) is 153 cm³/mol. The molecule has 0 saturated carbocycles. The van der Waals surface area contributed by atoms with Gasteiger partial charge in [-0.25, -0.2) is 0 Å². The maximum Gasteiger partial charge on any atom is 0.431 e. The monoisotopic (exact) mass is 473 g/mol. The van der Waals surface area contributed by atoms with Crippen molar-refractivity contribution in [3.05, 3.63) is 102 Å². The van der Waals surface area contributed by atoms with Crippen molar-refractivity contribution in [3.8, 4) is 33.8 Å². The number of aryl methyl sites for hydroxylation is 2. The van der Waals surface area contributed by atoms with Gasteiger partial charge >= 0.3 is 13.8 Å². The first kappa shape index (κ1) is 19.8. The molecule has 5 aromatic carbocycles. The highest BCUT2D eigenvalue weighted by atomic mass is 16.4. The van der Waals surface area contributed by atoms with Crippen LogP contribution in [0.15, 0.2) is 91.0 Å². The summed E-state index contributed by atoms with van der Waals surface area (Å²) < 4.78 is 13.7. The molecule has 4 heterocycles. The van der Waals surface area contributed by atoms with Crippen molar-refractivity contribution < 1.29 is 9.31 Å². The second-order valence-corrected chi connectivity index (χ2v) is 10.6. The number of nitrogens with zero attached hydrogens (tertiary/aromatic N) is 1. The standard InChI is InChI=1S/C32H21B2NO2/c1-18-11-13-26-24(15-18)33-30-22(20-7-3-5-9-28(20)36-33)17-23-21-8-4-6-10-29(21)37-34-25-16-19(2)12-14-27(25)35(26)32(30)31(23)34/h3-17H,1-2H3. The fraction of sp³-hybridized carbons (Fsp3) is 0.0625. The van der Waals surface area contributed by atoms with Crippen LogP contribution in [0.5, 0.6) is 11.5 Å². The molecule has 0 bridgehead atoms. The molecule has 3 nitrogen and oxygen atoms in total. The summed E-state index contributed by atoms with van der Waals surface area (Å²) in [4.78, 5) is 2.47. The van der Waals surface area contributed by atoms with Crippen LogP contribution >= 0.6 is 0 Å². The Kier molecular flexibility index (Phi) is 3.57. The van der Waals surface area contributed by atoms with Gasteiger partial charge in [0.05, 0.1) is 0 Å². The molecule has 0 aliphatic carbocycles. The van der Waals surface area contributed by atoms with Crippen LogP contribution in [0.4, 0.5) is 17.1 Å². The zero-order valence-electron chi connectivity index (χ0n) is 20.6. The molecule has 0 spiro atoms. The number of rotatable bonds is 0. The smallest absolute Gasteiger partial charge is 0.431 e. The Labute approximate surface area is 216 Å². The molecule has 0 saturated heterocycles. The van der Waals surface area contributed by atoms with Gasteiger partial charge in [0.2, 0.25) is 0 Å². The van der Waals surface area contributed by atoms with Crippen LogP contribution in [-0.4, -0.2) is 13.8 Å². The van der Waals surface area contributed by atoms with Gasteiger partial charge in [-0.15, -0.1) is 0 Å². The van der Waals surface area contributed by atoms with Crippen molar-refractivity contribution in [2.24, 2.45) is 0 Å². The minimum Gasteiger partial charge on any atom is -0.551 e. The Balaban J connectivity index is 1.49. The molecule has 9 rings (SSSR count). The molecule has 0 unspecified atom stereocenters. The lowest BCUT2D eigenvalue weighted by atomic mass is 9.43. The van der Waals surface area contributed by atoms with Crippen molar-refractivity contribution in [2.75, 3.05) is 4.90 Å². The van der Waals surface area contributed by atoms with Crippen LogP contribution in [0.25, 0.3) is 22.3 Å². The molecule has 5 aromatic rings. The van der Waals surface area contributed by atoms with Gasteiger partial charge < -0.3 is 14.2 Å². The lowest BCUT2D eigenvalue weighted by Gasteiger charge is -2.46. The number of anilines is 3. The lowest BCUT2D eigenvalue weighted by Crippen LogP contribution is -2.64. The normalized spacial score (nSPS) is 14.5. The quantitative estimate of drug-likeness (QED) is 0.304. The van der Waals surface area contributed by atoms with Crippen molar-refractivity contribution >= 4 is 52.7 Å². The van der Waals surface area contributed by atoms with Gasteiger partial charge in [-0.05, 0) is 66.2 Å². The minimum absolute atomic E-state index is 0.166. The van der Waals surface area contributed by atoms with E-state index in [2.05, 4.69) is 110 Å². The summed E-state index contributed by atoms with van der Waals surface area (Å²) in [6, 6.07) is 32.9. The predicted octanol–water partition coefficient (Wildman–Crippen LogP) is 4.73. The van der Waals surface area contributed by atoms with Gasteiger partial charge in [0.25, 0.3) is 0 Å². The van der Waals surface area contributed by atoms with Crippen LogP contribution in [0.1, 0.15) is 11.1 Å². The number of benzene rings is 5. The first-order valence-corrected chi connectivity index (χ1v) is 12.9. The Morgan fingerprint density at radius 1 is 0.541 bits per heavy atom. The molecule has 4 aliphatic rings. The first-order chi connectivity index (χ1) is 18.2. The third kappa shape index (κ3) is 2.40. The molecule has 4 aliphatic heterocycles. The van der Waals surface area contributed by atoms with Gasteiger partial charge in [-0.1, -0.05) is 71.8 Å². The van der Waals surface area contributed by atoms with Gasteiger partial charge in [-0.3, -0.25) is 0 Å². The second-order valence-electron chi connectivity index (χ2n) is 10.6. The second kappa shape index (κ2) is 6.68. The molecule has 0 fully saturated rings. The van der Waals surface area contributed by atoms with Crippen LogP contribution in [-0.2, 0) is 0 Å². The zero-order valence-corrected chi connectivity index (χ0v) is 20.6. The number of hydrogen-bond acceptors (Lipinski definition) is 3. The van der Waals surface area contributed by atoms with Crippen LogP contribution in [0.2, 0.25) is 0 Å². The minimum atomic E-state index is -0.166. The van der Waals surface area contributed by atoms with E-state index in [4.69, 9.17) is 9.31 Å². The molecular weight excluding hydrogens is 452 g/mol. The molecule has 5 heteroatoms. The summed E-state index contributed by atoms with van der Waals surface area (Å²) >= 11 is 0. The van der Waals surface area contributed by atoms with E-state index in [0.717, 1.165) is 22.6 Å². The SMILES string of the molecule is Cc1ccc2c(c1)B1Oc3ccccc3-c3cc4c5c(c31)N2c1ccc(C)cc1B5Oc1ccccc1-4. The Morgan fingerprint density at radius 2 is 1.03 bits per heavy atom. The summed E-state index contributed by atoms with van der Waals surface area (Å²) in [5, 5.41) is 0. The third-order valence-corrected chi connectivity index (χ3v) is 8.38. The van der Waals surface area contributed by atoms with E-state index in [-0.39, 0.29) is 13.8 Å². The first-order valence-electron chi connectivity index (χ1n) is 12.9. The average Bonchev–Trinajstić information content (AvgIpc) is 2.93. The average molecular weight is 473 g/mol. The van der Waals surface area contributed by atoms with E-state index >= 15 is 0 Å². The van der Waals surface area contributed by atoms with Crippen molar-refractivity contribution in [3.63, 3.8) is 0 Å². The van der Waals surface area contributed by atoms with E-state index in [1.165, 1.54) is 61.2 Å². The van der Waals surface area contributed by atoms with Crippen molar-refractivity contribution in [1.29, 1.82) is 0 Å². The summed E-state index contributed by atoms with van der Waals surface area (Å²) in [6.07, 6.45) is 0. The summed E-state index contributed by atoms with van der Waals surface area (Å²) in [5.74, 6) is 1.88. The highest BCUT2D eigenvalue weighted by molar-refractivity contribution is 6.91. The Morgan fingerprint density at radius 3 is 1.54 bits per heavy atom. The summed E-state index contributed by atoms with van der Waals surface area (Å²) in [5.41, 5.74) is 15.8.